The Balaban J connectivity index is 1.96. The average molecular weight is 608 g/mol. The first-order valence-corrected chi connectivity index (χ1v) is 14.8. The van der Waals surface area contributed by atoms with Crippen molar-refractivity contribution in [1.82, 2.24) is 25.0 Å². The van der Waals surface area contributed by atoms with E-state index in [1.54, 1.807) is 17.9 Å². The molecule has 3 rings (SSSR count). The predicted octanol–water partition coefficient (Wildman–Crippen LogP) is 1.88. The molecule has 1 aromatic carbocycles. The standard InChI is InChI=1S/C30H46FN5O7/c1-20(2)14-22-15-35(30(40)23-10-6-7-11-24(23)31)17-27(41-5)29(39)26(37)19-42-13-9-8-12-36(22)28(38)18-34(4)16-25-21(3)32-43-33-25/h6-7,10-11,20,22,26-27,29,37,39H,8-9,12-19H2,1-5H3/t22-,26-,27-,29-/m1/s1. The van der Waals surface area contributed by atoms with Crippen molar-refractivity contribution in [3.8, 4) is 0 Å². The molecule has 13 heteroatoms. The Bertz CT molecular complexity index is 1170. The maximum absolute atomic E-state index is 14.8. The van der Waals surface area contributed by atoms with E-state index in [9.17, 15) is 24.2 Å². The fourth-order valence-electron chi connectivity index (χ4n) is 5.26. The number of likely N-dealkylation sites (N-methyl/N-ethyl adjacent to an activating group) is 1. The second-order valence-corrected chi connectivity index (χ2v) is 11.6. The van der Waals surface area contributed by atoms with Gasteiger partial charge in [0.25, 0.3) is 5.91 Å². The van der Waals surface area contributed by atoms with E-state index in [0.29, 0.717) is 50.3 Å². The Kier molecular flexibility index (Phi) is 13.5. The van der Waals surface area contributed by atoms with E-state index in [2.05, 4.69) is 10.3 Å². The van der Waals surface area contributed by atoms with E-state index >= 15 is 0 Å². The van der Waals surface area contributed by atoms with Gasteiger partial charge in [-0.1, -0.05) is 36.3 Å². The zero-order valence-electron chi connectivity index (χ0n) is 25.8. The maximum Gasteiger partial charge on any atom is 0.256 e. The molecule has 4 atom stereocenters. The average Bonchev–Trinajstić information content (AvgIpc) is 3.36. The number of benzene rings is 1. The van der Waals surface area contributed by atoms with Crippen LogP contribution in [0.4, 0.5) is 4.39 Å². The molecular formula is C30H46FN5O7. The van der Waals surface area contributed by atoms with Gasteiger partial charge in [-0.2, -0.15) is 0 Å². The van der Waals surface area contributed by atoms with Crippen molar-refractivity contribution in [3.05, 3.63) is 47.0 Å². The summed E-state index contributed by atoms with van der Waals surface area (Å²) in [7, 11) is 3.19. The third kappa shape index (κ3) is 10.0. The van der Waals surface area contributed by atoms with Gasteiger partial charge in [0.05, 0.1) is 18.7 Å². The number of hydrogen-bond donors (Lipinski definition) is 2. The van der Waals surface area contributed by atoms with E-state index in [1.807, 2.05) is 25.8 Å². The van der Waals surface area contributed by atoms with Crippen LogP contribution in [0.1, 0.15) is 54.9 Å². The first kappa shape index (κ1) is 34.5. The summed E-state index contributed by atoms with van der Waals surface area (Å²) in [6, 6.07) is 5.27. The fraction of sp³-hybridized carbons (Fsp3) is 0.667. The molecule has 2 heterocycles. The number of amides is 2. The molecule has 0 aliphatic carbocycles. The van der Waals surface area contributed by atoms with Crippen molar-refractivity contribution in [2.45, 2.75) is 70.9 Å². The van der Waals surface area contributed by atoms with Crippen LogP contribution in [-0.2, 0) is 20.8 Å². The highest BCUT2D eigenvalue weighted by atomic mass is 19.1. The third-order valence-electron chi connectivity index (χ3n) is 7.60. The lowest BCUT2D eigenvalue weighted by Crippen LogP contribution is -2.54. The Morgan fingerprint density at radius 1 is 1.19 bits per heavy atom. The van der Waals surface area contributed by atoms with Crippen LogP contribution in [-0.4, -0.2) is 125 Å². The maximum atomic E-state index is 14.8. The zero-order valence-corrected chi connectivity index (χ0v) is 25.8. The minimum absolute atomic E-state index is 0.0757. The molecule has 43 heavy (non-hydrogen) atoms. The molecular weight excluding hydrogens is 561 g/mol. The molecule has 1 aromatic heterocycles. The largest absolute Gasteiger partial charge is 0.388 e. The Labute approximate surface area is 252 Å². The second kappa shape index (κ2) is 16.8. The normalized spacial score (nSPS) is 23.0. The highest BCUT2D eigenvalue weighted by Gasteiger charge is 2.34. The summed E-state index contributed by atoms with van der Waals surface area (Å²) in [6.07, 6.45) is -1.80. The van der Waals surface area contributed by atoms with Gasteiger partial charge >= 0.3 is 0 Å². The molecule has 0 unspecified atom stereocenters. The fourth-order valence-corrected chi connectivity index (χ4v) is 5.26. The zero-order chi connectivity index (χ0) is 31.5. The number of nitrogens with zero attached hydrogens (tertiary/aromatic N) is 5. The van der Waals surface area contributed by atoms with Crippen molar-refractivity contribution in [3.63, 3.8) is 0 Å². The lowest BCUT2D eigenvalue weighted by molar-refractivity contribution is -0.136. The van der Waals surface area contributed by atoms with Crippen molar-refractivity contribution in [2.75, 3.05) is 53.6 Å². The van der Waals surface area contributed by atoms with Crippen molar-refractivity contribution in [2.24, 2.45) is 5.92 Å². The quantitative estimate of drug-likeness (QED) is 0.457. The minimum atomic E-state index is -1.37. The van der Waals surface area contributed by atoms with Crippen LogP contribution < -0.4 is 0 Å². The highest BCUT2D eigenvalue weighted by Crippen LogP contribution is 2.20. The van der Waals surface area contributed by atoms with Gasteiger partial charge in [-0.05, 0) is 51.3 Å². The van der Waals surface area contributed by atoms with Gasteiger partial charge in [0.2, 0.25) is 5.91 Å². The first-order valence-electron chi connectivity index (χ1n) is 14.8. The summed E-state index contributed by atoms with van der Waals surface area (Å²) >= 11 is 0. The molecule has 240 valence electrons. The van der Waals surface area contributed by atoms with E-state index in [1.165, 1.54) is 30.2 Å². The highest BCUT2D eigenvalue weighted by molar-refractivity contribution is 5.94. The van der Waals surface area contributed by atoms with Crippen molar-refractivity contribution >= 4 is 11.8 Å². The van der Waals surface area contributed by atoms with Gasteiger partial charge in [0.1, 0.15) is 35.5 Å². The number of aryl methyl sites for hydroxylation is 1. The Morgan fingerprint density at radius 2 is 1.93 bits per heavy atom. The number of aliphatic hydroxyl groups is 2. The molecule has 2 amide bonds. The number of halogens is 1. The minimum Gasteiger partial charge on any atom is -0.388 e. The van der Waals surface area contributed by atoms with Gasteiger partial charge < -0.3 is 29.5 Å². The van der Waals surface area contributed by atoms with Gasteiger partial charge in [-0.25, -0.2) is 9.02 Å². The molecule has 0 saturated carbocycles. The van der Waals surface area contributed by atoms with Crippen LogP contribution in [0.15, 0.2) is 28.9 Å². The molecule has 1 aliphatic heterocycles. The third-order valence-corrected chi connectivity index (χ3v) is 7.60. The molecule has 1 aliphatic rings. The molecule has 0 radical (unpaired) electrons. The monoisotopic (exact) mass is 607 g/mol. The van der Waals surface area contributed by atoms with Gasteiger partial charge in [-0.3, -0.25) is 14.5 Å². The number of methoxy groups -OCH3 is 1. The van der Waals surface area contributed by atoms with Crippen LogP contribution in [0.25, 0.3) is 0 Å². The predicted molar refractivity (Wildman–Crippen MR) is 155 cm³/mol. The van der Waals surface area contributed by atoms with Gasteiger partial charge in [-0.15, -0.1) is 0 Å². The van der Waals surface area contributed by atoms with Gasteiger partial charge in [0.15, 0.2) is 0 Å². The van der Waals surface area contributed by atoms with E-state index in [-0.39, 0.29) is 43.6 Å². The van der Waals surface area contributed by atoms with Crippen molar-refractivity contribution in [1.29, 1.82) is 0 Å². The van der Waals surface area contributed by atoms with Gasteiger partial charge in [0, 0.05) is 45.9 Å². The van der Waals surface area contributed by atoms with Crippen LogP contribution in [0.5, 0.6) is 0 Å². The van der Waals surface area contributed by atoms with Crippen molar-refractivity contribution < 1.29 is 38.3 Å². The number of carbonyl (C=O) groups excluding carboxylic acids is 2. The molecule has 1 saturated heterocycles. The lowest BCUT2D eigenvalue weighted by atomic mass is 9.99. The van der Waals surface area contributed by atoms with Crippen LogP contribution in [0.3, 0.4) is 0 Å². The Hall–Kier alpha value is -2.97. The first-order chi connectivity index (χ1) is 20.5. The van der Waals surface area contributed by atoms with E-state index in [0.717, 1.165) is 0 Å². The summed E-state index contributed by atoms with van der Waals surface area (Å²) in [5, 5.41) is 29.2. The number of carbonyl (C=O) groups is 2. The molecule has 12 nitrogen and oxygen atoms in total. The number of aromatic nitrogens is 2. The molecule has 2 aromatic rings. The number of rotatable bonds is 8. The smallest absolute Gasteiger partial charge is 0.256 e. The van der Waals surface area contributed by atoms with E-state index < -0.39 is 36.1 Å². The summed E-state index contributed by atoms with van der Waals surface area (Å²) in [6.45, 7) is 6.88. The number of aliphatic hydroxyl groups excluding tert-OH is 2. The van der Waals surface area contributed by atoms with E-state index in [4.69, 9.17) is 14.1 Å². The molecule has 1 fully saturated rings. The second-order valence-electron chi connectivity index (χ2n) is 11.6. The summed E-state index contributed by atoms with van der Waals surface area (Å²) in [5.41, 5.74) is 1.16. The SMILES string of the molecule is CO[C@@H]1CN(C(=O)c2ccccc2F)C[C@@H](CC(C)C)N(C(=O)CN(C)Cc2nonc2C)CCCCOC[C@@H](O)[C@H]1O. The van der Waals surface area contributed by atoms with Crippen LogP contribution in [0.2, 0.25) is 0 Å². The lowest BCUT2D eigenvalue weighted by Gasteiger charge is -2.39. The Morgan fingerprint density at radius 3 is 2.58 bits per heavy atom. The summed E-state index contributed by atoms with van der Waals surface area (Å²) in [5.74, 6) is -1.24. The van der Waals surface area contributed by atoms with Crippen LogP contribution >= 0.6 is 0 Å². The number of hydrogen-bond acceptors (Lipinski definition) is 10. The molecule has 0 spiro atoms. The molecule has 2 N–H and O–H groups in total. The number of ether oxygens (including phenoxy) is 2. The van der Waals surface area contributed by atoms with Crippen LogP contribution in [0, 0.1) is 18.7 Å². The summed E-state index contributed by atoms with van der Waals surface area (Å²) in [4.78, 5) is 32.8. The summed E-state index contributed by atoms with van der Waals surface area (Å²) < 4.78 is 30.8. The topological polar surface area (TPSA) is 142 Å². The molecule has 0 bridgehead atoms.